The van der Waals surface area contributed by atoms with Gasteiger partial charge in [-0.2, -0.15) is 0 Å². The lowest BCUT2D eigenvalue weighted by Crippen LogP contribution is -2.30. The molecule has 0 atom stereocenters. The molecule has 3 rings (SSSR count). The summed E-state index contributed by atoms with van der Waals surface area (Å²) < 4.78 is 2.16. The molecule has 1 aliphatic heterocycles. The standard InChI is InChI=1S/C18H19N2/c1-3-20-12-10-15(11-13-20)14-17-9-8-16-6-4-5-7-18(16)19(17)2/h4-14H,3H2,1-2H3/q+1. The van der Waals surface area contributed by atoms with Crippen LogP contribution in [0.15, 0.2) is 60.6 Å². The Morgan fingerprint density at radius 2 is 1.80 bits per heavy atom. The average molecular weight is 263 g/mol. The molecular formula is C18H19N2+. The second kappa shape index (κ2) is 5.33. The van der Waals surface area contributed by atoms with Gasteiger partial charge in [-0.3, -0.25) is 0 Å². The third-order valence-electron chi connectivity index (χ3n) is 3.72. The molecule has 20 heavy (non-hydrogen) atoms. The highest BCUT2D eigenvalue weighted by Gasteiger charge is 2.12. The molecule has 0 amide bonds. The summed E-state index contributed by atoms with van der Waals surface area (Å²) >= 11 is 0. The maximum atomic E-state index is 2.23. The zero-order valence-electron chi connectivity index (χ0n) is 12.0. The first kappa shape index (κ1) is 12.7. The molecule has 1 aromatic carbocycles. The number of fused-ring (bicyclic) bond motifs is 1. The zero-order valence-corrected chi connectivity index (χ0v) is 12.0. The predicted molar refractivity (Wildman–Crippen MR) is 84.2 cm³/mol. The van der Waals surface area contributed by atoms with Gasteiger partial charge in [-0.15, -0.1) is 0 Å². The molecule has 0 bridgehead atoms. The van der Waals surface area contributed by atoms with Crippen molar-refractivity contribution in [3.8, 4) is 0 Å². The Balaban J connectivity index is 1.93. The van der Waals surface area contributed by atoms with E-state index >= 15 is 0 Å². The van der Waals surface area contributed by atoms with Crippen molar-refractivity contribution in [2.75, 3.05) is 11.9 Å². The van der Waals surface area contributed by atoms with Crippen LogP contribution >= 0.6 is 0 Å². The number of aryl methyl sites for hydroxylation is 1. The number of allylic oxidation sites excluding steroid dienone is 1. The largest absolute Gasteiger partial charge is 0.344 e. The molecule has 2 nitrogen and oxygen atoms in total. The lowest BCUT2D eigenvalue weighted by molar-refractivity contribution is -0.693. The molecule has 0 spiro atoms. The van der Waals surface area contributed by atoms with Crippen LogP contribution in [-0.2, 0) is 6.54 Å². The lowest BCUT2D eigenvalue weighted by atomic mass is 10.1. The molecule has 2 aromatic rings. The highest BCUT2D eigenvalue weighted by Crippen LogP contribution is 2.29. The van der Waals surface area contributed by atoms with Gasteiger partial charge in [0.2, 0.25) is 0 Å². The first-order valence-corrected chi connectivity index (χ1v) is 6.99. The molecule has 1 aromatic heterocycles. The summed E-state index contributed by atoms with van der Waals surface area (Å²) in [5, 5.41) is 0. The van der Waals surface area contributed by atoms with Crippen molar-refractivity contribution in [2.24, 2.45) is 0 Å². The molecule has 0 radical (unpaired) electrons. The van der Waals surface area contributed by atoms with Gasteiger partial charge in [0.25, 0.3) is 0 Å². The second-order valence-electron chi connectivity index (χ2n) is 4.98. The molecule has 0 saturated heterocycles. The highest BCUT2D eigenvalue weighted by molar-refractivity contribution is 5.79. The Morgan fingerprint density at radius 1 is 1.05 bits per heavy atom. The molecule has 0 unspecified atom stereocenters. The molecule has 1 aliphatic rings. The summed E-state index contributed by atoms with van der Waals surface area (Å²) in [6.07, 6.45) is 10.8. The Hall–Kier alpha value is -2.35. The number of pyridine rings is 1. The SMILES string of the molecule is CC[n+]1ccc(/C=C2\C=Cc3ccccc3N2C)cc1. The molecular weight excluding hydrogens is 244 g/mol. The van der Waals surface area contributed by atoms with Gasteiger partial charge in [0, 0.05) is 30.6 Å². The average Bonchev–Trinajstić information content (AvgIpc) is 2.51. The van der Waals surface area contributed by atoms with Crippen LogP contribution in [-0.4, -0.2) is 7.05 Å². The number of rotatable bonds is 2. The van der Waals surface area contributed by atoms with E-state index in [0.29, 0.717) is 0 Å². The topological polar surface area (TPSA) is 7.12 Å². The van der Waals surface area contributed by atoms with Crippen LogP contribution in [0.3, 0.4) is 0 Å². The van der Waals surface area contributed by atoms with Crippen LogP contribution < -0.4 is 9.47 Å². The number of aromatic nitrogens is 1. The van der Waals surface area contributed by atoms with Crippen molar-refractivity contribution < 1.29 is 4.57 Å². The Labute approximate surface area is 120 Å². The minimum atomic E-state index is 1.00. The van der Waals surface area contributed by atoms with Crippen molar-refractivity contribution in [3.05, 3.63) is 71.7 Å². The van der Waals surface area contributed by atoms with E-state index in [0.717, 1.165) is 6.54 Å². The summed E-state index contributed by atoms with van der Waals surface area (Å²) in [6, 6.07) is 12.8. The van der Waals surface area contributed by atoms with Crippen molar-refractivity contribution in [1.29, 1.82) is 0 Å². The summed E-state index contributed by atoms with van der Waals surface area (Å²) in [4.78, 5) is 2.23. The fourth-order valence-electron chi connectivity index (χ4n) is 2.45. The molecule has 0 N–H and O–H groups in total. The molecule has 2 heteroatoms. The quantitative estimate of drug-likeness (QED) is 0.752. The Bertz CT molecular complexity index is 666. The molecule has 100 valence electrons. The van der Waals surface area contributed by atoms with Gasteiger partial charge >= 0.3 is 0 Å². The van der Waals surface area contributed by atoms with Crippen LogP contribution in [0.25, 0.3) is 12.2 Å². The second-order valence-corrected chi connectivity index (χ2v) is 4.98. The molecule has 2 heterocycles. The number of likely N-dealkylation sites (N-methyl/N-ethyl adjacent to an activating group) is 1. The van der Waals surface area contributed by atoms with Crippen molar-refractivity contribution in [3.63, 3.8) is 0 Å². The molecule has 0 saturated carbocycles. The van der Waals surface area contributed by atoms with Crippen LogP contribution in [0.4, 0.5) is 5.69 Å². The first-order valence-electron chi connectivity index (χ1n) is 6.99. The number of hydrogen-bond donors (Lipinski definition) is 0. The number of benzene rings is 1. The first-order chi connectivity index (χ1) is 9.78. The van der Waals surface area contributed by atoms with E-state index in [9.17, 15) is 0 Å². The van der Waals surface area contributed by atoms with Crippen LogP contribution in [0.1, 0.15) is 18.1 Å². The fourth-order valence-corrected chi connectivity index (χ4v) is 2.45. The van der Waals surface area contributed by atoms with Gasteiger partial charge < -0.3 is 4.90 Å². The van der Waals surface area contributed by atoms with Crippen LogP contribution in [0.5, 0.6) is 0 Å². The normalized spacial score (nSPS) is 15.5. The Morgan fingerprint density at radius 3 is 2.55 bits per heavy atom. The third kappa shape index (κ3) is 2.37. The van der Waals surface area contributed by atoms with E-state index in [1.807, 2.05) is 0 Å². The third-order valence-corrected chi connectivity index (χ3v) is 3.72. The fraction of sp³-hybridized carbons (Fsp3) is 0.167. The molecule has 0 aliphatic carbocycles. The lowest BCUT2D eigenvalue weighted by Gasteiger charge is -2.26. The number of hydrogen-bond acceptors (Lipinski definition) is 1. The van der Waals surface area contributed by atoms with E-state index in [2.05, 4.69) is 90.5 Å². The summed E-state index contributed by atoms with van der Waals surface area (Å²) in [7, 11) is 2.11. The van der Waals surface area contributed by atoms with E-state index < -0.39 is 0 Å². The highest BCUT2D eigenvalue weighted by atomic mass is 15.1. The van der Waals surface area contributed by atoms with Gasteiger partial charge in [-0.25, -0.2) is 4.57 Å². The van der Waals surface area contributed by atoms with E-state index in [4.69, 9.17) is 0 Å². The number of anilines is 1. The number of para-hydroxylation sites is 1. The van der Waals surface area contributed by atoms with Gasteiger partial charge in [0.1, 0.15) is 6.54 Å². The van der Waals surface area contributed by atoms with Crippen molar-refractivity contribution >= 4 is 17.8 Å². The maximum Gasteiger partial charge on any atom is 0.169 e. The van der Waals surface area contributed by atoms with Gasteiger partial charge in [-0.1, -0.05) is 24.3 Å². The van der Waals surface area contributed by atoms with Crippen LogP contribution in [0, 0.1) is 0 Å². The van der Waals surface area contributed by atoms with Crippen molar-refractivity contribution in [1.82, 2.24) is 0 Å². The minimum Gasteiger partial charge on any atom is -0.344 e. The van der Waals surface area contributed by atoms with E-state index in [-0.39, 0.29) is 0 Å². The van der Waals surface area contributed by atoms with Crippen molar-refractivity contribution in [2.45, 2.75) is 13.5 Å². The van der Waals surface area contributed by atoms with E-state index in [1.165, 1.54) is 22.5 Å². The van der Waals surface area contributed by atoms with E-state index in [1.54, 1.807) is 0 Å². The molecule has 0 fully saturated rings. The van der Waals surface area contributed by atoms with Gasteiger partial charge in [0.15, 0.2) is 12.4 Å². The van der Waals surface area contributed by atoms with Gasteiger partial charge in [0.05, 0.1) is 0 Å². The van der Waals surface area contributed by atoms with Crippen LogP contribution in [0.2, 0.25) is 0 Å². The monoisotopic (exact) mass is 263 g/mol. The number of nitrogens with zero attached hydrogens (tertiary/aromatic N) is 2. The minimum absolute atomic E-state index is 1.00. The zero-order chi connectivity index (χ0) is 13.9. The smallest absolute Gasteiger partial charge is 0.169 e. The summed E-state index contributed by atoms with van der Waals surface area (Å²) in [5.74, 6) is 0. The van der Waals surface area contributed by atoms with Gasteiger partial charge in [-0.05, 0) is 36.3 Å². The summed E-state index contributed by atoms with van der Waals surface area (Å²) in [5.41, 5.74) is 4.95. The maximum absolute atomic E-state index is 2.23. The Kier molecular flexibility index (Phi) is 3.38. The summed E-state index contributed by atoms with van der Waals surface area (Å²) in [6.45, 7) is 3.15. The predicted octanol–water partition coefficient (Wildman–Crippen LogP) is 3.50.